The Kier molecular flexibility index (Phi) is 3.75. The summed E-state index contributed by atoms with van der Waals surface area (Å²) in [6.45, 7) is 0. The lowest BCUT2D eigenvalue weighted by Crippen LogP contribution is -1.99. The van der Waals surface area contributed by atoms with Gasteiger partial charge in [0, 0.05) is 22.5 Å². The summed E-state index contributed by atoms with van der Waals surface area (Å²) >= 11 is 1.38. The molecule has 132 valence electrons. The molecule has 0 aliphatic carbocycles. The molecule has 0 saturated heterocycles. The van der Waals surface area contributed by atoms with E-state index in [1.165, 1.54) is 11.8 Å². The summed E-state index contributed by atoms with van der Waals surface area (Å²) in [5.74, 6) is 2.07. The first-order valence-corrected chi connectivity index (χ1v) is 9.30. The average molecular weight is 374 g/mol. The highest BCUT2D eigenvalue weighted by Gasteiger charge is 2.14. The first-order valence-electron chi connectivity index (χ1n) is 8.32. The van der Waals surface area contributed by atoms with Crippen molar-refractivity contribution in [3.05, 3.63) is 60.6 Å². The van der Waals surface area contributed by atoms with E-state index in [-0.39, 0.29) is 0 Å². The predicted octanol–water partition coefficient (Wildman–Crippen LogP) is 4.04. The number of rotatable bonds is 4. The normalized spacial score (nSPS) is 11.4. The van der Waals surface area contributed by atoms with Crippen molar-refractivity contribution < 1.29 is 4.42 Å². The molecule has 0 bridgehead atoms. The van der Waals surface area contributed by atoms with E-state index in [9.17, 15) is 0 Å². The van der Waals surface area contributed by atoms with Crippen LogP contribution in [0.3, 0.4) is 0 Å². The first-order chi connectivity index (χ1) is 13.3. The lowest BCUT2D eigenvalue weighted by molar-refractivity contribution is 0.466. The number of para-hydroxylation sites is 2. The quantitative estimate of drug-likeness (QED) is 0.457. The van der Waals surface area contributed by atoms with Crippen LogP contribution in [0.25, 0.3) is 33.3 Å². The number of nitrogens with two attached hydrogens (primary N) is 1. The monoisotopic (exact) mass is 374 g/mol. The molecule has 0 radical (unpaired) electrons. The number of anilines is 1. The van der Waals surface area contributed by atoms with E-state index >= 15 is 0 Å². The Morgan fingerprint density at radius 3 is 2.70 bits per heavy atom. The second-order valence-corrected chi connectivity index (χ2v) is 6.88. The summed E-state index contributed by atoms with van der Waals surface area (Å²) in [4.78, 5) is 12.1. The fraction of sp³-hybridized carbons (Fsp3) is 0.0526. The summed E-state index contributed by atoms with van der Waals surface area (Å²) in [6, 6.07) is 15.7. The Morgan fingerprint density at radius 2 is 1.78 bits per heavy atom. The molecule has 7 nitrogen and oxygen atoms in total. The highest BCUT2D eigenvalue weighted by molar-refractivity contribution is 7.98. The minimum Gasteiger partial charge on any atom is -0.411 e. The van der Waals surface area contributed by atoms with Gasteiger partial charge in [0.1, 0.15) is 11.6 Å². The number of fused-ring (bicyclic) bond motifs is 2. The molecule has 8 heteroatoms. The second kappa shape index (κ2) is 6.40. The largest absolute Gasteiger partial charge is 0.411 e. The van der Waals surface area contributed by atoms with Gasteiger partial charge in [0.05, 0.1) is 16.8 Å². The van der Waals surface area contributed by atoms with E-state index in [0.717, 1.165) is 27.4 Å². The van der Waals surface area contributed by atoms with Crippen LogP contribution < -0.4 is 5.73 Å². The third kappa shape index (κ3) is 2.89. The Labute approximate surface area is 158 Å². The van der Waals surface area contributed by atoms with Gasteiger partial charge in [-0.05, 0) is 18.2 Å². The number of aromatic nitrogens is 5. The smallest absolute Gasteiger partial charge is 0.277 e. The van der Waals surface area contributed by atoms with Crippen LogP contribution in [-0.4, -0.2) is 25.1 Å². The van der Waals surface area contributed by atoms with Crippen LogP contribution in [-0.2, 0) is 5.75 Å². The van der Waals surface area contributed by atoms with E-state index in [4.69, 9.17) is 10.2 Å². The summed E-state index contributed by atoms with van der Waals surface area (Å²) in [5.41, 5.74) is 8.77. The van der Waals surface area contributed by atoms with Gasteiger partial charge in [-0.15, -0.1) is 10.2 Å². The highest BCUT2D eigenvalue weighted by atomic mass is 32.2. The molecule has 0 unspecified atom stereocenters. The molecular weight excluding hydrogens is 360 g/mol. The van der Waals surface area contributed by atoms with Gasteiger partial charge in [-0.1, -0.05) is 42.1 Å². The Morgan fingerprint density at radius 1 is 0.963 bits per heavy atom. The summed E-state index contributed by atoms with van der Waals surface area (Å²) < 4.78 is 5.81. The topological polar surface area (TPSA) is 107 Å². The van der Waals surface area contributed by atoms with Gasteiger partial charge in [-0.3, -0.25) is 0 Å². The van der Waals surface area contributed by atoms with Crippen molar-refractivity contribution in [2.24, 2.45) is 0 Å². The molecule has 0 fully saturated rings. The van der Waals surface area contributed by atoms with Gasteiger partial charge in [0.2, 0.25) is 0 Å². The van der Waals surface area contributed by atoms with Crippen LogP contribution in [0.2, 0.25) is 0 Å². The molecule has 0 amide bonds. The van der Waals surface area contributed by atoms with E-state index in [1.54, 1.807) is 0 Å². The third-order valence-electron chi connectivity index (χ3n) is 4.23. The summed E-state index contributed by atoms with van der Waals surface area (Å²) in [5, 5.41) is 10.7. The maximum Gasteiger partial charge on any atom is 0.277 e. The summed E-state index contributed by atoms with van der Waals surface area (Å²) in [6.07, 6.45) is 1.87. The van der Waals surface area contributed by atoms with Crippen molar-refractivity contribution in [3.8, 4) is 11.5 Å². The number of nitrogens with zero attached hydrogens (tertiary/aromatic N) is 4. The molecular formula is C19H14N6OS. The molecule has 0 aliphatic rings. The maximum absolute atomic E-state index is 6.03. The lowest BCUT2D eigenvalue weighted by Gasteiger charge is -2.03. The van der Waals surface area contributed by atoms with Crippen LogP contribution in [0.4, 0.5) is 5.82 Å². The number of hydrogen-bond donors (Lipinski definition) is 2. The second-order valence-electron chi connectivity index (χ2n) is 5.95. The van der Waals surface area contributed by atoms with Crippen molar-refractivity contribution in [2.75, 3.05) is 5.73 Å². The number of hydrogen-bond acceptors (Lipinski definition) is 7. The summed E-state index contributed by atoms with van der Waals surface area (Å²) in [7, 11) is 0. The van der Waals surface area contributed by atoms with Crippen LogP contribution in [0.15, 0.2) is 64.4 Å². The van der Waals surface area contributed by atoms with E-state index in [0.29, 0.717) is 28.5 Å². The van der Waals surface area contributed by atoms with Gasteiger partial charge in [-0.2, -0.15) is 0 Å². The highest BCUT2D eigenvalue weighted by Crippen LogP contribution is 2.30. The molecule has 0 atom stereocenters. The van der Waals surface area contributed by atoms with Gasteiger partial charge in [0.25, 0.3) is 11.1 Å². The molecule has 3 heterocycles. The van der Waals surface area contributed by atoms with Gasteiger partial charge in [-0.25, -0.2) is 9.97 Å². The molecule has 5 rings (SSSR count). The molecule has 0 aliphatic heterocycles. The molecule has 3 aromatic heterocycles. The predicted molar refractivity (Wildman–Crippen MR) is 105 cm³/mol. The fourth-order valence-corrected chi connectivity index (χ4v) is 3.59. The van der Waals surface area contributed by atoms with Crippen LogP contribution in [0, 0.1) is 0 Å². The number of benzene rings is 2. The van der Waals surface area contributed by atoms with Crippen molar-refractivity contribution in [2.45, 2.75) is 11.0 Å². The molecule has 0 spiro atoms. The van der Waals surface area contributed by atoms with Crippen LogP contribution in [0.1, 0.15) is 5.82 Å². The number of nitrogens with one attached hydrogen (secondary N) is 1. The van der Waals surface area contributed by atoms with Gasteiger partial charge in [0.15, 0.2) is 0 Å². The minimum absolute atomic E-state index is 0.464. The Hall–Kier alpha value is -3.39. The fourth-order valence-electron chi connectivity index (χ4n) is 2.97. The van der Waals surface area contributed by atoms with E-state index in [1.807, 2.05) is 54.7 Å². The zero-order chi connectivity index (χ0) is 18.2. The zero-order valence-corrected chi connectivity index (χ0v) is 14.9. The van der Waals surface area contributed by atoms with Crippen molar-refractivity contribution in [1.82, 2.24) is 25.1 Å². The molecule has 3 N–H and O–H groups in total. The number of H-pyrrole nitrogens is 1. The van der Waals surface area contributed by atoms with Crippen molar-refractivity contribution >= 4 is 39.4 Å². The molecule has 2 aromatic carbocycles. The number of thioether (sulfide) groups is 1. The van der Waals surface area contributed by atoms with Gasteiger partial charge >= 0.3 is 0 Å². The SMILES string of the molecule is Nc1nc(CSc2nnc(-c3c[nH]c4ccccc34)o2)nc2ccccc12. The first kappa shape index (κ1) is 15.8. The average Bonchev–Trinajstić information content (AvgIpc) is 3.33. The van der Waals surface area contributed by atoms with Crippen molar-refractivity contribution in [3.63, 3.8) is 0 Å². The zero-order valence-electron chi connectivity index (χ0n) is 14.1. The maximum atomic E-state index is 6.03. The van der Waals surface area contributed by atoms with E-state index < -0.39 is 0 Å². The third-order valence-corrected chi connectivity index (χ3v) is 5.04. The van der Waals surface area contributed by atoms with E-state index in [2.05, 4.69) is 25.1 Å². The number of aromatic amines is 1. The van der Waals surface area contributed by atoms with Crippen LogP contribution in [0.5, 0.6) is 0 Å². The van der Waals surface area contributed by atoms with Crippen molar-refractivity contribution in [1.29, 1.82) is 0 Å². The van der Waals surface area contributed by atoms with Gasteiger partial charge < -0.3 is 15.1 Å². The molecule has 27 heavy (non-hydrogen) atoms. The number of nitrogen functional groups attached to an aromatic ring is 1. The standard InChI is InChI=1S/C19H14N6OS/c20-17-12-6-2-4-8-15(12)22-16(23-17)10-27-19-25-24-18(26-19)13-9-21-14-7-3-1-5-11(13)14/h1-9,21H,10H2,(H2,20,22,23). The lowest BCUT2D eigenvalue weighted by atomic mass is 10.2. The Bertz CT molecular complexity index is 1260. The molecule has 0 saturated carbocycles. The molecule has 5 aromatic rings. The minimum atomic E-state index is 0.464. The van der Waals surface area contributed by atoms with Crippen LogP contribution >= 0.6 is 11.8 Å². The Balaban J connectivity index is 1.38.